The summed E-state index contributed by atoms with van der Waals surface area (Å²) in [5.41, 5.74) is 2.28. The number of carbonyl (C=O) groups excluding carboxylic acids is 1. The molecule has 2 fully saturated rings. The minimum Gasteiger partial charge on any atom is -0.470 e. The lowest BCUT2D eigenvalue weighted by atomic mass is 10.2. The number of hydrogen-bond donors (Lipinski definition) is 0. The Labute approximate surface area is 139 Å². The predicted molar refractivity (Wildman–Crippen MR) is 89.2 cm³/mol. The molecule has 2 aromatic heterocycles. The second kappa shape index (κ2) is 4.95. The van der Waals surface area contributed by atoms with Crippen LogP contribution in [0, 0.1) is 0 Å². The number of nitrogens with zero attached hydrogens (tertiary/aromatic N) is 4. The highest BCUT2D eigenvalue weighted by atomic mass is 16.3. The van der Waals surface area contributed by atoms with Crippen molar-refractivity contribution in [2.45, 2.75) is 18.5 Å². The van der Waals surface area contributed by atoms with E-state index in [1.54, 1.807) is 17.2 Å². The fourth-order valence-corrected chi connectivity index (χ4v) is 4.05. The summed E-state index contributed by atoms with van der Waals surface area (Å²) in [7, 11) is 2.13. The van der Waals surface area contributed by atoms with Gasteiger partial charge in [-0.1, -0.05) is 18.2 Å². The van der Waals surface area contributed by atoms with Gasteiger partial charge in [0.05, 0.1) is 11.8 Å². The molecular formula is C18H18N4O2. The molecular weight excluding hydrogens is 304 g/mol. The summed E-state index contributed by atoms with van der Waals surface area (Å²) >= 11 is 0. The van der Waals surface area contributed by atoms with Crippen molar-refractivity contribution in [1.29, 1.82) is 0 Å². The van der Waals surface area contributed by atoms with Crippen molar-refractivity contribution in [2.24, 2.45) is 0 Å². The van der Waals surface area contributed by atoms with E-state index in [1.807, 2.05) is 35.2 Å². The quantitative estimate of drug-likeness (QED) is 0.725. The SMILES string of the molecule is CN1CC2CC1CN2C(=O)c1nn(-c2ccoc2)c2ccccc12. The lowest BCUT2D eigenvalue weighted by Gasteiger charge is -2.31. The van der Waals surface area contributed by atoms with E-state index in [1.165, 1.54) is 0 Å². The van der Waals surface area contributed by atoms with Crippen molar-refractivity contribution in [3.05, 3.63) is 48.6 Å². The first kappa shape index (κ1) is 13.8. The standard InChI is InChI=1S/C18H18N4O2/c1-20-9-14-8-13(20)10-21(14)18(23)17-15-4-2-3-5-16(15)22(19-17)12-6-7-24-11-12/h2-7,11,13-14H,8-10H2,1H3. The molecule has 122 valence electrons. The largest absolute Gasteiger partial charge is 0.470 e. The van der Waals surface area contributed by atoms with Crippen molar-refractivity contribution in [1.82, 2.24) is 19.6 Å². The van der Waals surface area contributed by atoms with Crippen LogP contribution in [0.3, 0.4) is 0 Å². The van der Waals surface area contributed by atoms with E-state index >= 15 is 0 Å². The normalized spacial score (nSPS) is 23.5. The first-order valence-corrected chi connectivity index (χ1v) is 8.24. The van der Waals surface area contributed by atoms with Gasteiger partial charge in [0.25, 0.3) is 5.91 Å². The fraction of sp³-hybridized carbons (Fsp3) is 0.333. The number of para-hydroxylation sites is 1. The number of benzene rings is 1. The van der Waals surface area contributed by atoms with Crippen LogP contribution >= 0.6 is 0 Å². The number of aromatic nitrogens is 2. The van der Waals surface area contributed by atoms with E-state index < -0.39 is 0 Å². The van der Waals surface area contributed by atoms with E-state index in [2.05, 4.69) is 17.0 Å². The maximum absolute atomic E-state index is 13.1. The number of fused-ring (bicyclic) bond motifs is 3. The molecule has 2 aliphatic heterocycles. The van der Waals surface area contributed by atoms with Crippen LogP contribution in [0.4, 0.5) is 0 Å². The van der Waals surface area contributed by atoms with Crippen LogP contribution in [0.25, 0.3) is 16.6 Å². The Balaban J connectivity index is 1.59. The van der Waals surface area contributed by atoms with Crippen LogP contribution in [0.15, 0.2) is 47.3 Å². The summed E-state index contributed by atoms with van der Waals surface area (Å²) in [5.74, 6) is 0.0362. The Hall–Kier alpha value is -2.60. The molecule has 24 heavy (non-hydrogen) atoms. The van der Waals surface area contributed by atoms with Crippen molar-refractivity contribution < 1.29 is 9.21 Å². The molecule has 0 spiro atoms. The van der Waals surface area contributed by atoms with Crippen molar-refractivity contribution >= 4 is 16.8 Å². The Morgan fingerprint density at radius 3 is 2.79 bits per heavy atom. The minimum atomic E-state index is 0.0362. The van der Waals surface area contributed by atoms with Crippen LogP contribution in [-0.2, 0) is 0 Å². The molecule has 0 aliphatic carbocycles. The molecule has 1 aromatic carbocycles. The highest BCUT2D eigenvalue weighted by Gasteiger charge is 2.44. The molecule has 0 N–H and O–H groups in total. The van der Waals surface area contributed by atoms with E-state index in [9.17, 15) is 4.79 Å². The molecule has 0 radical (unpaired) electrons. The zero-order chi connectivity index (χ0) is 16.3. The molecule has 2 aliphatic rings. The molecule has 0 saturated carbocycles. The van der Waals surface area contributed by atoms with Crippen LogP contribution in [-0.4, -0.2) is 57.7 Å². The smallest absolute Gasteiger partial charge is 0.275 e. The van der Waals surface area contributed by atoms with Crippen molar-refractivity contribution in [3.8, 4) is 5.69 Å². The number of furan rings is 1. The topological polar surface area (TPSA) is 54.5 Å². The number of amides is 1. The third-order valence-electron chi connectivity index (χ3n) is 5.32. The molecule has 1 amide bonds. The highest BCUT2D eigenvalue weighted by molar-refractivity contribution is 6.05. The van der Waals surface area contributed by atoms with Crippen LogP contribution < -0.4 is 0 Å². The van der Waals surface area contributed by atoms with E-state index in [0.717, 1.165) is 36.1 Å². The summed E-state index contributed by atoms with van der Waals surface area (Å²) in [5, 5.41) is 5.52. The highest BCUT2D eigenvalue weighted by Crippen LogP contribution is 2.32. The Morgan fingerprint density at radius 2 is 2.08 bits per heavy atom. The van der Waals surface area contributed by atoms with Crippen LogP contribution in [0.5, 0.6) is 0 Å². The number of carbonyl (C=O) groups is 1. The van der Waals surface area contributed by atoms with Crippen molar-refractivity contribution in [2.75, 3.05) is 20.1 Å². The van der Waals surface area contributed by atoms with Gasteiger partial charge in [0.1, 0.15) is 12.0 Å². The molecule has 5 rings (SSSR count). The second-order valence-electron chi connectivity index (χ2n) is 6.70. The summed E-state index contributed by atoms with van der Waals surface area (Å²) in [6.45, 7) is 1.75. The lowest BCUT2D eigenvalue weighted by molar-refractivity contribution is 0.0646. The molecule has 4 heterocycles. The first-order valence-electron chi connectivity index (χ1n) is 8.24. The van der Waals surface area contributed by atoms with Gasteiger partial charge in [-0.25, -0.2) is 4.68 Å². The average Bonchev–Trinajstić information content (AvgIpc) is 3.35. The van der Waals surface area contributed by atoms with Gasteiger partial charge in [0.2, 0.25) is 0 Å². The zero-order valence-corrected chi connectivity index (χ0v) is 13.4. The lowest BCUT2D eigenvalue weighted by Crippen LogP contribution is -2.47. The first-order chi connectivity index (χ1) is 11.7. The number of likely N-dealkylation sites (tertiary alicyclic amines) is 2. The van der Waals surface area contributed by atoms with Gasteiger partial charge in [0.15, 0.2) is 5.69 Å². The van der Waals surface area contributed by atoms with Crippen LogP contribution in [0.1, 0.15) is 16.9 Å². The summed E-state index contributed by atoms with van der Waals surface area (Å²) in [4.78, 5) is 17.5. The van der Waals surface area contributed by atoms with E-state index in [-0.39, 0.29) is 5.91 Å². The molecule has 6 nitrogen and oxygen atoms in total. The van der Waals surface area contributed by atoms with Gasteiger partial charge < -0.3 is 9.32 Å². The summed E-state index contributed by atoms with van der Waals surface area (Å²) < 4.78 is 6.96. The average molecular weight is 322 g/mol. The van der Waals surface area contributed by atoms with Gasteiger partial charge in [-0.05, 0) is 19.5 Å². The van der Waals surface area contributed by atoms with Gasteiger partial charge in [-0.15, -0.1) is 0 Å². The Bertz CT molecular complexity index is 912. The van der Waals surface area contributed by atoms with E-state index in [0.29, 0.717) is 17.8 Å². The number of rotatable bonds is 2. The fourth-order valence-electron chi connectivity index (χ4n) is 4.05. The minimum absolute atomic E-state index is 0.0362. The molecule has 6 heteroatoms. The third kappa shape index (κ3) is 1.86. The van der Waals surface area contributed by atoms with E-state index in [4.69, 9.17) is 4.42 Å². The number of hydrogen-bond acceptors (Lipinski definition) is 4. The summed E-state index contributed by atoms with van der Waals surface area (Å²) in [6.07, 6.45) is 4.33. The maximum atomic E-state index is 13.1. The monoisotopic (exact) mass is 322 g/mol. The number of piperazine rings is 1. The van der Waals surface area contributed by atoms with Crippen LogP contribution in [0.2, 0.25) is 0 Å². The Kier molecular flexibility index (Phi) is 2.84. The van der Waals surface area contributed by atoms with Gasteiger partial charge in [-0.2, -0.15) is 5.10 Å². The van der Waals surface area contributed by atoms with Gasteiger partial charge in [-0.3, -0.25) is 9.69 Å². The molecule has 2 atom stereocenters. The van der Waals surface area contributed by atoms with Gasteiger partial charge >= 0.3 is 0 Å². The van der Waals surface area contributed by atoms with Crippen molar-refractivity contribution in [3.63, 3.8) is 0 Å². The third-order valence-corrected chi connectivity index (χ3v) is 5.32. The number of likely N-dealkylation sites (N-methyl/N-ethyl adjacent to an activating group) is 1. The molecule has 3 aromatic rings. The maximum Gasteiger partial charge on any atom is 0.275 e. The zero-order valence-electron chi connectivity index (χ0n) is 13.4. The molecule has 2 saturated heterocycles. The summed E-state index contributed by atoms with van der Waals surface area (Å²) in [6, 6.07) is 10.5. The van der Waals surface area contributed by atoms with Gasteiger partial charge in [0, 0.05) is 36.6 Å². The Morgan fingerprint density at radius 1 is 1.21 bits per heavy atom. The molecule has 2 bridgehead atoms. The second-order valence-corrected chi connectivity index (χ2v) is 6.70. The molecule has 2 unspecified atom stereocenters. The predicted octanol–water partition coefficient (Wildman–Crippen LogP) is 2.15.